The monoisotopic (exact) mass is 272 g/mol. The summed E-state index contributed by atoms with van der Waals surface area (Å²) in [6.45, 7) is 6.39. The molecule has 1 heterocycles. The number of carboxylic acids is 1. The van der Waals surface area contributed by atoms with Crippen molar-refractivity contribution in [1.29, 1.82) is 0 Å². The van der Waals surface area contributed by atoms with Gasteiger partial charge in [-0.1, -0.05) is 13.3 Å². The summed E-state index contributed by atoms with van der Waals surface area (Å²) in [5, 5.41) is 11.6. The van der Waals surface area contributed by atoms with E-state index in [0.29, 0.717) is 25.6 Å². The number of ether oxygens (including phenoxy) is 1. The molecule has 0 aromatic carbocycles. The highest BCUT2D eigenvalue weighted by atomic mass is 16.5. The van der Waals surface area contributed by atoms with Crippen LogP contribution in [0.5, 0.6) is 0 Å². The number of alkyl carbamates (subject to hydrolysis) is 1. The predicted molar refractivity (Wildman–Crippen MR) is 71.0 cm³/mol. The van der Waals surface area contributed by atoms with Gasteiger partial charge in [-0.05, 0) is 19.3 Å². The zero-order valence-corrected chi connectivity index (χ0v) is 11.7. The van der Waals surface area contributed by atoms with Crippen LogP contribution in [0.25, 0.3) is 0 Å². The summed E-state index contributed by atoms with van der Waals surface area (Å²) in [7, 11) is 0. The van der Waals surface area contributed by atoms with Crippen molar-refractivity contribution >= 4 is 12.1 Å². The molecule has 0 aromatic heterocycles. The second-order valence-corrected chi connectivity index (χ2v) is 4.98. The van der Waals surface area contributed by atoms with Crippen LogP contribution in [0.4, 0.5) is 4.79 Å². The van der Waals surface area contributed by atoms with Crippen molar-refractivity contribution in [1.82, 2.24) is 10.2 Å². The van der Waals surface area contributed by atoms with Crippen LogP contribution < -0.4 is 5.32 Å². The first-order valence-electron chi connectivity index (χ1n) is 6.92. The topological polar surface area (TPSA) is 78.9 Å². The average molecular weight is 272 g/mol. The molecular formula is C13H24N2O4. The Labute approximate surface area is 114 Å². The Bertz CT molecular complexity index is 309. The van der Waals surface area contributed by atoms with E-state index in [0.717, 1.165) is 19.4 Å². The minimum absolute atomic E-state index is 0.0477. The van der Waals surface area contributed by atoms with Gasteiger partial charge in [0.25, 0.3) is 0 Å². The number of piperidine rings is 1. The Balaban J connectivity index is 2.47. The second-order valence-electron chi connectivity index (χ2n) is 4.98. The SMILES string of the molecule is CCOC(=O)NC1CC(CC)CN(CCC(=O)O)C1. The lowest BCUT2D eigenvalue weighted by Gasteiger charge is -2.37. The lowest BCUT2D eigenvalue weighted by atomic mass is 9.92. The van der Waals surface area contributed by atoms with Gasteiger partial charge >= 0.3 is 12.1 Å². The third kappa shape index (κ3) is 5.92. The first-order chi connectivity index (χ1) is 9.05. The molecule has 0 aliphatic carbocycles. The molecule has 2 atom stereocenters. The van der Waals surface area contributed by atoms with Gasteiger partial charge in [-0.2, -0.15) is 0 Å². The number of nitrogens with zero attached hydrogens (tertiary/aromatic N) is 1. The number of rotatable bonds is 6. The van der Waals surface area contributed by atoms with Crippen LogP contribution in [0, 0.1) is 5.92 Å². The number of carbonyl (C=O) groups excluding carboxylic acids is 1. The van der Waals surface area contributed by atoms with E-state index in [1.165, 1.54) is 0 Å². The molecule has 110 valence electrons. The third-order valence-corrected chi connectivity index (χ3v) is 3.43. The molecule has 1 fully saturated rings. The number of carboxylic acid groups (broad SMARTS) is 1. The average Bonchev–Trinajstić information content (AvgIpc) is 2.36. The fourth-order valence-electron chi connectivity index (χ4n) is 2.48. The quantitative estimate of drug-likeness (QED) is 0.762. The van der Waals surface area contributed by atoms with E-state index in [1.54, 1.807) is 6.92 Å². The molecule has 6 nitrogen and oxygen atoms in total. The van der Waals surface area contributed by atoms with Gasteiger partial charge in [0.1, 0.15) is 0 Å². The fraction of sp³-hybridized carbons (Fsp3) is 0.846. The maximum absolute atomic E-state index is 11.4. The molecule has 0 bridgehead atoms. The molecule has 0 saturated carbocycles. The number of amides is 1. The molecule has 2 N–H and O–H groups in total. The van der Waals surface area contributed by atoms with Crippen molar-refractivity contribution in [3.05, 3.63) is 0 Å². The Morgan fingerprint density at radius 3 is 2.68 bits per heavy atom. The highest BCUT2D eigenvalue weighted by molar-refractivity contribution is 5.67. The first kappa shape index (κ1) is 15.8. The molecule has 6 heteroatoms. The van der Waals surface area contributed by atoms with Gasteiger partial charge in [-0.15, -0.1) is 0 Å². The number of aliphatic carboxylic acids is 1. The molecular weight excluding hydrogens is 248 g/mol. The maximum atomic E-state index is 11.4. The van der Waals surface area contributed by atoms with Crippen LogP contribution in [0.2, 0.25) is 0 Å². The Kier molecular flexibility index (Phi) is 6.62. The van der Waals surface area contributed by atoms with Crippen molar-refractivity contribution < 1.29 is 19.4 Å². The fourth-order valence-corrected chi connectivity index (χ4v) is 2.48. The molecule has 1 rings (SSSR count). The molecule has 2 unspecified atom stereocenters. The van der Waals surface area contributed by atoms with Crippen LogP contribution in [0.15, 0.2) is 0 Å². The van der Waals surface area contributed by atoms with Crippen molar-refractivity contribution in [2.75, 3.05) is 26.2 Å². The van der Waals surface area contributed by atoms with Crippen LogP contribution in [0.3, 0.4) is 0 Å². The van der Waals surface area contributed by atoms with E-state index in [9.17, 15) is 9.59 Å². The van der Waals surface area contributed by atoms with E-state index in [1.807, 2.05) is 0 Å². The standard InChI is InChI=1S/C13H24N2O4/c1-3-10-7-11(14-13(18)19-4-2)9-15(8-10)6-5-12(16)17/h10-11H,3-9H2,1-2H3,(H,14,18)(H,16,17). The number of nitrogens with one attached hydrogen (secondary N) is 1. The molecule has 1 aliphatic rings. The van der Waals surface area contributed by atoms with Crippen molar-refractivity contribution in [3.63, 3.8) is 0 Å². The van der Waals surface area contributed by atoms with E-state index >= 15 is 0 Å². The largest absolute Gasteiger partial charge is 0.481 e. The van der Waals surface area contributed by atoms with E-state index in [4.69, 9.17) is 9.84 Å². The number of likely N-dealkylation sites (tertiary alicyclic amines) is 1. The Morgan fingerprint density at radius 1 is 1.37 bits per heavy atom. The lowest BCUT2D eigenvalue weighted by Crippen LogP contribution is -2.51. The zero-order chi connectivity index (χ0) is 14.3. The minimum atomic E-state index is -0.784. The summed E-state index contributed by atoms with van der Waals surface area (Å²) in [6, 6.07) is 0.0477. The Morgan fingerprint density at radius 2 is 2.11 bits per heavy atom. The van der Waals surface area contributed by atoms with Crippen molar-refractivity contribution in [3.8, 4) is 0 Å². The van der Waals surface area contributed by atoms with E-state index in [2.05, 4.69) is 17.1 Å². The minimum Gasteiger partial charge on any atom is -0.481 e. The van der Waals surface area contributed by atoms with E-state index in [-0.39, 0.29) is 18.6 Å². The Hall–Kier alpha value is -1.30. The van der Waals surface area contributed by atoms with Crippen LogP contribution in [-0.4, -0.2) is 54.4 Å². The summed E-state index contributed by atoms with van der Waals surface area (Å²) < 4.78 is 4.88. The highest BCUT2D eigenvalue weighted by Gasteiger charge is 2.27. The van der Waals surface area contributed by atoms with Gasteiger partial charge < -0.3 is 20.1 Å². The van der Waals surface area contributed by atoms with Crippen molar-refractivity contribution in [2.45, 2.75) is 39.2 Å². The molecule has 19 heavy (non-hydrogen) atoms. The third-order valence-electron chi connectivity index (χ3n) is 3.43. The van der Waals surface area contributed by atoms with Gasteiger partial charge in [0, 0.05) is 25.7 Å². The molecule has 0 radical (unpaired) electrons. The summed E-state index contributed by atoms with van der Waals surface area (Å²) in [5.41, 5.74) is 0. The number of hydrogen-bond acceptors (Lipinski definition) is 4. The highest BCUT2D eigenvalue weighted by Crippen LogP contribution is 2.20. The van der Waals surface area contributed by atoms with Gasteiger partial charge in [-0.25, -0.2) is 4.79 Å². The van der Waals surface area contributed by atoms with Crippen LogP contribution in [0.1, 0.15) is 33.1 Å². The molecule has 1 aliphatic heterocycles. The lowest BCUT2D eigenvalue weighted by molar-refractivity contribution is -0.137. The molecule has 1 saturated heterocycles. The molecule has 1 amide bonds. The number of carbonyl (C=O) groups is 2. The van der Waals surface area contributed by atoms with Crippen molar-refractivity contribution in [2.24, 2.45) is 5.92 Å². The smallest absolute Gasteiger partial charge is 0.407 e. The summed E-state index contributed by atoms with van der Waals surface area (Å²) in [4.78, 5) is 24.2. The number of hydrogen-bond donors (Lipinski definition) is 2. The second kappa shape index (κ2) is 7.99. The molecule has 0 aromatic rings. The molecule has 0 spiro atoms. The summed E-state index contributed by atoms with van der Waals surface area (Å²) in [6.07, 6.45) is 1.72. The zero-order valence-electron chi connectivity index (χ0n) is 11.7. The van der Waals surface area contributed by atoms with Crippen LogP contribution in [-0.2, 0) is 9.53 Å². The van der Waals surface area contributed by atoms with Crippen LogP contribution >= 0.6 is 0 Å². The van der Waals surface area contributed by atoms with Gasteiger partial charge in [0.05, 0.1) is 13.0 Å². The summed E-state index contributed by atoms with van der Waals surface area (Å²) in [5.74, 6) is -0.289. The summed E-state index contributed by atoms with van der Waals surface area (Å²) >= 11 is 0. The van der Waals surface area contributed by atoms with Gasteiger partial charge in [-0.3, -0.25) is 4.79 Å². The maximum Gasteiger partial charge on any atom is 0.407 e. The normalized spacial score (nSPS) is 23.9. The van der Waals surface area contributed by atoms with Gasteiger partial charge in [0.2, 0.25) is 0 Å². The first-order valence-corrected chi connectivity index (χ1v) is 6.92. The predicted octanol–water partition coefficient (Wildman–Crippen LogP) is 1.31. The van der Waals surface area contributed by atoms with Gasteiger partial charge in [0.15, 0.2) is 0 Å². The van der Waals surface area contributed by atoms with E-state index < -0.39 is 5.97 Å².